The van der Waals surface area contributed by atoms with Gasteiger partial charge in [0.1, 0.15) is 12.4 Å². The van der Waals surface area contributed by atoms with E-state index >= 15 is 0 Å². The summed E-state index contributed by atoms with van der Waals surface area (Å²) in [4.78, 5) is 18.7. The van der Waals surface area contributed by atoms with Gasteiger partial charge in [-0.2, -0.15) is 0 Å². The molecule has 1 aromatic carbocycles. The molecule has 28 heavy (non-hydrogen) atoms. The summed E-state index contributed by atoms with van der Waals surface area (Å²) in [5.41, 5.74) is 2.15. The summed E-state index contributed by atoms with van der Waals surface area (Å²) >= 11 is 0. The highest BCUT2D eigenvalue weighted by Gasteiger charge is 2.35. The van der Waals surface area contributed by atoms with Crippen molar-refractivity contribution >= 4 is 5.91 Å². The molecule has 1 N–H and O–H groups in total. The molecule has 3 heterocycles. The summed E-state index contributed by atoms with van der Waals surface area (Å²) in [7, 11) is 1.66. The number of benzene rings is 1. The number of nitrogens with one attached hydrogen (secondary N) is 1. The van der Waals surface area contributed by atoms with E-state index in [4.69, 9.17) is 9.47 Å². The molecule has 2 aromatic rings. The zero-order valence-corrected chi connectivity index (χ0v) is 16.3. The molecular formula is C22H27N3O3. The Labute approximate surface area is 165 Å². The molecule has 148 valence electrons. The molecule has 6 heteroatoms. The molecule has 6 nitrogen and oxygen atoms in total. The molecule has 1 amide bonds. The Morgan fingerprint density at radius 1 is 1.21 bits per heavy atom. The second kappa shape index (κ2) is 8.61. The van der Waals surface area contributed by atoms with E-state index in [-0.39, 0.29) is 11.9 Å². The van der Waals surface area contributed by atoms with Gasteiger partial charge in [0.05, 0.1) is 7.11 Å². The molecule has 2 saturated heterocycles. The SMILES string of the molecule is COc1ccc(COc2ncccc2CN2CC3CCCC(=O)NC3C2)cc1. The van der Waals surface area contributed by atoms with E-state index in [1.54, 1.807) is 13.3 Å². The second-order valence-corrected chi connectivity index (χ2v) is 7.62. The molecule has 1 aromatic heterocycles. The van der Waals surface area contributed by atoms with Gasteiger partial charge in [0, 0.05) is 43.9 Å². The highest BCUT2D eigenvalue weighted by atomic mass is 16.5. The third-order valence-electron chi connectivity index (χ3n) is 5.62. The number of rotatable bonds is 6. The van der Waals surface area contributed by atoms with E-state index in [1.165, 1.54) is 0 Å². The molecule has 2 atom stereocenters. The van der Waals surface area contributed by atoms with Crippen molar-refractivity contribution in [3.8, 4) is 11.6 Å². The van der Waals surface area contributed by atoms with Gasteiger partial charge < -0.3 is 14.8 Å². The first kappa shape index (κ1) is 18.7. The van der Waals surface area contributed by atoms with Crippen molar-refractivity contribution in [2.24, 2.45) is 5.92 Å². The number of ether oxygens (including phenoxy) is 2. The monoisotopic (exact) mass is 381 g/mol. The van der Waals surface area contributed by atoms with E-state index in [1.807, 2.05) is 30.3 Å². The van der Waals surface area contributed by atoms with E-state index in [9.17, 15) is 4.79 Å². The van der Waals surface area contributed by atoms with Gasteiger partial charge in [-0.1, -0.05) is 18.2 Å². The van der Waals surface area contributed by atoms with Crippen molar-refractivity contribution in [1.82, 2.24) is 15.2 Å². The lowest BCUT2D eigenvalue weighted by molar-refractivity contribution is -0.121. The number of aromatic nitrogens is 1. The van der Waals surface area contributed by atoms with Crippen LogP contribution in [0.15, 0.2) is 42.6 Å². The third-order valence-corrected chi connectivity index (χ3v) is 5.62. The number of fused-ring (bicyclic) bond motifs is 1. The Kier molecular flexibility index (Phi) is 5.76. The molecule has 0 aliphatic carbocycles. The van der Waals surface area contributed by atoms with Crippen LogP contribution in [0.3, 0.4) is 0 Å². The van der Waals surface area contributed by atoms with Crippen molar-refractivity contribution in [1.29, 1.82) is 0 Å². The van der Waals surface area contributed by atoms with Gasteiger partial charge in [0.15, 0.2) is 0 Å². The van der Waals surface area contributed by atoms with Crippen molar-refractivity contribution in [3.05, 3.63) is 53.7 Å². The van der Waals surface area contributed by atoms with Crippen LogP contribution < -0.4 is 14.8 Å². The number of methoxy groups -OCH3 is 1. The largest absolute Gasteiger partial charge is 0.497 e. The zero-order chi connectivity index (χ0) is 19.3. The van der Waals surface area contributed by atoms with E-state index in [0.29, 0.717) is 24.8 Å². The average molecular weight is 381 g/mol. The Balaban J connectivity index is 1.38. The molecule has 2 fully saturated rings. The van der Waals surface area contributed by atoms with Crippen LogP contribution in [0.4, 0.5) is 0 Å². The summed E-state index contributed by atoms with van der Waals surface area (Å²) in [5, 5.41) is 3.19. The van der Waals surface area contributed by atoms with Gasteiger partial charge in [-0.3, -0.25) is 9.69 Å². The van der Waals surface area contributed by atoms with Crippen LogP contribution in [0, 0.1) is 5.92 Å². The summed E-state index contributed by atoms with van der Waals surface area (Å²) in [5.74, 6) is 2.25. The van der Waals surface area contributed by atoms with Crippen LogP contribution in [0.5, 0.6) is 11.6 Å². The third kappa shape index (κ3) is 4.44. The molecule has 2 aliphatic heterocycles. The number of pyridine rings is 1. The normalized spacial score (nSPS) is 22.2. The lowest BCUT2D eigenvalue weighted by atomic mass is 9.99. The summed E-state index contributed by atoms with van der Waals surface area (Å²) in [6, 6.07) is 12.2. The number of carbonyl (C=O) groups is 1. The van der Waals surface area contributed by atoms with Gasteiger partial charge in [-0.15, -0.1) is 0 Å². The number of hydrogen-bond donors (Lipinski definition) is 1. The lowest BCUT2D eigenvalue weighted by Crippen LogP contribution is -2.38. The predicted molar refractivity (Wildman–Crippen MR) is 106 cm³/mol. The highest BCUT2D eigenvalue weighted by Crippen LogP contribution is 2.28. The Bertz CT molecular complexity index is 809. The van der Waals surface area contributed by atoms with E-state index in [0.717, 1.165) is 49.4 Å². The molecule has 0 spiro atoms. The predicted octanol–water partition coefficient (Wildman–Crippen LogP) is 2.77. The number of carbonyl (C=O) groups excluding carboxylic acids is 1. The first-order valence-corrected chi connectivity index (χ1v) is 9.92. The number of likely N-dealkylation sites (tertiary alicyclic amines) is 1. The second-order valence-electron chi connectivity index (χ2n) is 7.62. The summed E-state index contributed by atoms with van der Waals surface area (Å²) in [6.45, 7) is 3.16. The van der Waals surface area contributed by atoms with Crippen LogP contribution in [0.2, 0.25) is 0 Å². The fourth-order valence-corrected chi connectivity index (χ4v) is 4.14. The van der Waals surface area contributed by atoms with Crippen molar-refractivity contribution in [2.45, 2.75) is 38.5 Å². The van der Waals surface area contributed by atoms with Gasteiger partial charge in [-0.25, -0.2) is 4.98 Å². The van der Waals surface area contributed by atoms with Crippen LogP contribution in [0.1, 0.15) is 30.4 Å². The first-order valence-electron chi connectivity index (χ1n) is 9.92. The maximum atomic E-state index is 11.8. The Hall–Kier alpha value is -2.60. The van der Waals surface area contributed by atoms with Crippen LogP contribution in [-0.4, -0.2) is 42.0 Å². The fraction of sp³-hybridized carbons (Fsp3) is 0.455. The van der Waals surface area contributed by atoms with Crippen LogP contribution >= 0.6 is 0 Å². The number of amides is 1. The van der Waals surface area contributed by atoms with Crippen molar-refractivity contribution in [3.63, 3.8) is 0 Å². The minimum atomic E-state index is 0.194. The molecule has 2 unspecified atom stereocenters. The standard InChI is InChI=1S/C22H27N3O3/c1-27-19-9-7-16(8-10-19)15-28-22-18(5-3-11-23-22)13-25-12-17-4-2-6-21(26)24-20(17)14-25/h3,5,7-11,17,20H,2,4,6,12-15H2,1H3,(H,24,26). The van der Waals surface area contributed by atoms with E-state index in [2.05, 4.69) is 21.3 Å². The van der Waals surface area contributed by atoms with Crippen molar-refractivity contribution in [2.75, 3.05) is 20.2 Å². The number of hydrogen-bond acceptors (Lipinski definition) is 5. The van der Waals surface area contributed by atoms with Gasteiger partial charge >= 0.3 is 0 Å². The molecule has 0 radical (unpaired) electrons. The van der Waals surface area contributed by atoms with Crippen LogP contribution in [-0.2, 0) is 17.9 Å². The maximum Gasteiger partial charge on any atom is 0.220 e. The topological polar surface area (TPSA) is 63.7 Å². The quantitative estimate of drug-likeness (QED) is 0.834. The average Bonchev–Trinajstić information content (AvgIpc) is 2.99. The van der Waals surface area contributed by atoms with Gasteiger partial charge in [0.25, 0.3) is 0 Å². The summed E-state index contributed by atoms with van der Waals surface area (Å²) in [6.07, 6.45) is 4.54. The highest BCUT2D eigenvalue weighted by molar-refractivity contribution is 5.76. The first-order chi connectivity index (χ1) is 13.7. The van der Waals surface area contributed by atoms with Gasteiger partial charge in [-0.05, 0) is 42.5 Å². The fourth-order valence-electron chi connectivity index (χ4n) is 4.14. The Morgan fingerprint density at radius 3 is 2.89 bits per heavy atom. The smallest absolute Gasteiger partial charge is 0.220 e. The van der Waals surface area contributed by atoms with Crippen molar-refractivity contribution < 1.29 is 14.3 Å². The molecule has 0 bridgehead atoms. The maximum absolute atomic E-state index is 11.8. The minimum Gasteiger partial charge on any atom is -0.497 e. The molecule has 4 rings (SSSR count). The van der Waals surface area contributed by atoms with Gasteiger partial charge in [0.2, 0.25) is 11.8 Å². The molecule has 2 aliphatic rings. The summed E-state index contributed by atoms with van der Waals surface area (Å²) < 4.78 is 11.2. The Morgan fingerprint density at radius 2 is 2.07 bits per heavy atom. The minimum absolute atomic E-state index is 0.194. The lowest BCUT2D eigenvalue weighted by Gasteiger charge is -2.18. The van der Waals surface area contributed by atoms with E-state index < -0.39 is 0 Å². The molecule has 0 saturated carbocycles. The zero-order valence-electron chi connectivity index (χ0n) is 16.3. The van der Waals surface area contributed by atoms with Crippen LogP contribution in [0.25, 0.3) is 0 Å². The number of nitrogens with zero attached hydrogens (tertiary/aromatic N) is 2. The molecular weight excluding hydrogens is 354 g/mol.